The average molecular weight is 557 g/mol. The molecule has 0 radical (unpaired) electrons. The average Bonchev–Trinajstić information content (AvgIpc) is 3.28. The molecule has 9 nitrogen and oxygen atoms in total. The number of ketones is 1. The van der Waals surface area contributed by atoms with Gasteiger partial charge in [0.2, 0.25) is 0 Å². The van der Waals surface area contributed by atoms with E-state index in [0.29, 0.717) is 74.5 Å². The molecule has 3 heterocycles. The number of fused-ring (bicyclic) bond motifs is 1. The van der Waals surface area contributed by atoms with Crippen LogP contribution in [0.3, 0.4) is 0 Å². The molecule has 2 fully saturated rings. The lowest BCUT2D eigenvalue weighted by Crippen LogP contribution is -2.42. The second kappa shape index (κ2) is 12.0. The van der Waals surface area contributed by atoms with Crippen molar-refractivity contribution in [1.82, 2.24) is 9.80 Å². The number of ether oxygens (including phenoxy) is 4. The largest absolute Gasteiger partial charge is 0.507 e. The molecule has 0 saturated carbocycles. The van der Waals surface area contributed by atoms with Gasteiger partial charge in [0.25, 0.3) is 11.7 Å². The SMILES string of the molecule is O=C1C(=O)N(CCN2CCOCC2)C(c2cccc(OCc3ccccc3)c2)/C1=C(/O)c1ccc2c(c1)OCCO2. The molecule has 1 atom stereocenters. The first-order valence-corrected chi connectivity index (χ1v) is 13.8. The molecule has 1 unspecified atom stereocenters. The summed E-state index contributed by atoms with van der Waals surface area (Å²) in [7, 11) is 0. The van der Waals surface area contributed by atoms with Crippen LogP contribution in [0.2, 0.25) is 0 Å². The number of carbonyl (C=O) groups excluding carboxylic acids is 2. The Morgan fingerprint density at radius 1 is 0.854 bits per heavy atom. The first kappa shape index (κ1) is 26.9. The van der Waals surface area contributed by atoms with Crippen molar-refractivity contribution in [3.63, 3.8) is 0 Å². The normalized spacial score (nSPS) is 20.3. The number of Topliss-reactive ketones (excluding diaryl/α,β-unsaturated/α-hetero) is 1. The number of rotatable bonds is 8. The van der Waals surface area contributed by atoms with Gasteiger partial charge in [0.1, 0.15) is 31.3 Å². The number of morpholine rings is 1. The summed E-state index contributed by atoms with van der Waals surface area (Å²) < 4.78 is 22.8. The van der Waals surface area contributed by atoms with Crippen LogP contribution in [-0.4, -0.2) is 79.2 Å². The van der Waals surface area contributed by atoms with Gasteiger partial charge in [-0.05, 0) is 41.5 Å². The number of hydrogen-bond donors (Lipinski definition) is 1. The van der Waals surface area contributed by atoms with Crippen molar-refractivity contribution in [2.45, 2.75) is 12.6 Å². The van der Waals surface area contributed by atoms with Crippen molar-refractivity contribution in [2.75, 3.05) is 52.6 Å². The Kier molecular flexibility index (Phi) is 7.89. The Labute approximate surface area is 238 Å². The maximum absolute atomic E-state index is 13.5. The van der Waals surface area contributed by atoms with E-state index >= 15 is 0 Å². The van der Waals surface area contributed by atoms with Crippen molar-refractivity contribution in [3.8, 4) is 17.2 Å². The van der Waals surface area contributed by atoms with Gasteiger partial charge in [-0.15, -0.1) is 0 Å². The summed E-state index contributed by atoms with van der Waals surface area (Å²) in [5.74, 6) is 0.0328. The first-order valence-electron chi connectivity index (χ1n) is 13.8. The highest BCUT2D eigenvalue weighted by atomic mass is 16.6. The van der Waals surface area contributed by atoms with Crippen molar-refractivity contribution < 1.29 is 33.6 Å². The molecule has 0 bridgehead atoms. The maximum atomic E-state index is 13.5. The predicted molar refractivity (Wildman–Crippen MR) is 151 cm³/mol. The highest BCUT2D eigenvalue weighted by molar-refractivity contribution is 6.46. The third kappa shape index (κ3) is 5.77. The molecule has 3 aliphatic heterocycles. The van der Waals surface area contributed by atoms with Crippen molar-refractivity contribution in [1.29, 1.82) is 0 Å². The summed E-state index contributed by atoms with van der Waals surface area (Å²) in [6.07, 6.45) is 0. The van der Waals surface area contributed by atoms with Crippen molar-refractivity contribution in [2.24, 2.45) is 0 Å². The van der Waals surface area contributed by atoms with E-state index in [0.717, 1.165) is 18.7 Å². The maximum Gasteiger partial charge on any atom is 0.295 e. The molecule has 9 heteroatoms. The predicted octanol–water partition coefficient (Wildman–Crippen LogP) is 3.79. The minimum atomic E-state index is -0.787. The smallest absolute Gasteiger partial charge is 0.295 e. The van der Waals surface area contributed by atoms with Gasteiger partial charge in [-0.1, -0.05) is 42.5 Å². The zero-order valence-corrected chi connectivity index (χ0v) is 22.7. The van der Waals surface area contributed by atoms with Crippen LogP contribution >= 0.6 is 0 Å². The topological polar surface area (TPSA) is 97.8 Å². The number of likely N-dealkylation sites (tertiary alicyclic amines) is 1. The van der Waals surface area contributed by atoms with Crippen LogP contribution in [0.1, 0.15) is 22.7 Å². The highest BCUT2D eigenvalue weighted by Crippen LogP contribution is 2.41. The minimum absolute atomic E-state index is 0.0360. The van der Waals surface area contributed by atoms with Crippen LogP contribution in [0.25, 0.3) is 5.76 Å². The van der Waals surface area contributed by atoms with E-state index in [1.165, 1.54) is 0 Å². The Hall–Kier alpha value is -4.34. The number of aliphatic hydroxyl groups is 1. The third-order valence-corrected chi connectivity index (χ3v) is 7.54. The summed E-state index contributed by atoms with van der Waals surface area (Å²) >= 11 is 0. The van der Waals surface area contributed by atoms with E-state index in [1.54, 1.807) is 23.1 Å². The molecular weight excluding hydrogens is 524 g/mol. The van der Waals surface area contributed by atoms with Gasteiger partial charge in [-0.25, -0.2) is 0 Å². The zero-order chi connectivity index (χ0) is 28.2. The first-order chi connectivity index (χ1) is 20.1. The van der Waals surface area contributed by atoms with E-state index in [2.05, 4.69) is 4.90 Å². The quantitative estimate of drug-likeness (QED) is 0.254. The molecule has 212 valence electrons. The summed E-state index contributed by atoms with van der Waals surface area (Å²) in [6.45, 7) is 4.89. The van der Waals surface area contributed by atoms with Gasteiger partial charge in [-0.3, -0.25) is 14.5 Å². The van der Waals surface area contributed by atoms with E-state index in [1.807, 2.05) is 54.6 Å². The fourth-order valence-electron chi connectivity index (χ4n) is 5.39. The molecule has 2 saturated heterocycles. The molecule has 3 aliphatic rings. The Morgan fingerprint density at radius 3 is 2.44 bits per heavy atom. The molecule has 1 N–H and O–H groups in total. The summed E-state index contributed by atoms with van der Waals surface area (Å²) in [5.41, 5.74) is 2.11. The van der Waals surface area contributed by atoms with Crippen LogP contribution in [0.4, 0.5) is 0 Å². The number of nitrogens with zero attached hydrogens (tertiary/aromatic N) is 2. The third-order valence-electron chi connectivity index (χ3n) is 7.54. The zero-order valence-electron chi connectivity index (χ0n) is 22.7. The lowest BCUT2D eigenvalue weighted by atomic mass is 9.95. The fourth-order valence-corrected chi connectivity index (χ4v) is 5.39. The molecule has 6 rings (SSSR count). The molecule has 0 aromatic heterocycles. The van der Waals surface area contributed by atoms with Crippen LogP contribution in [-0.2, 0) is 20.9 Å². The van der Waals surface area contributed by atoms with Crippen LogP contribution in [0, 0.1) is 0 Å². The highest BCUT2D eigenvalue weighted by Gasteiger charge is 2.46. The summed E-state index contributed by atoms with van der Waals surface area (Å²) in [4.78, 5) is 30.7. The lowest BCUT2D eigenvalue weighted by Gasteiger charge is -2.31. The van der Waals surface area contributed by atoms with Gasteiger partial charge in [-0.2, -0.15) is 0 Å². The van der Waals surface area contributed by atoms with Gasteiger partial charge in [0.05, 0.1) is 24.8 Å². The number of carbonyl (C=O) groups is 2. The monoisotopic (exact) mass is 556 g/mol. The van der Waals surface area contributed by atoms with E-state index < -0.39 is 17.7 Å². The van der Waals surface area contributed by atoms with Crippen molar-refractivity contribution in [3.05, 3.63) is 95.1 Å². The van der Waals surface area contributed by atoms with Gasteiger partial charge >= 0.3 is 0 Å². The Bertz CT molecular complexity index is 1450. The fraction of sp³-hybridized carbons (Fsp3) is 0.312. The van der Waals surface area contributed by atoms with Crippen LogP contribution < -0.4 is 14.2 Å². The standard InChI is InChI=1S/C32H32N2O7/c35-30(24-9-10-26-27(20-24)40-18-17-39-26)28-29(34(32(37)31(28)36)12-11-33-13-15-38-16-14-33)23-7-4-8-25(19-23)41-21-22-5-2-1-3-6-22/h1-10,19-20,29,35H,11-18,21H2/b30-28-. The lowest BCUT2D eigenvalue weighted by molar-refractivity contribution is -0.140. The van der Waals surface area contributed by atoms with E-state index in [9.17, 15) is 14.7 Å². The van der Waals surface area contributed by atoms with E-state index in [-0.39, 0.29) is 11.3 Å². The van der Waals surface area contributed by atoms with Gasteiger partial charge < -0.3 is 29.0 Å². The van der Waals surface area contributed by atoms with E-state index in [4.69, 9.17) is 18.9 Å². The molecule has 0 aliphatic carbocycles. The number of benzene rings is 3. The Morgan fingerprint density at radius 2 is 1.63 bits per heavy atom. The second-order valence-electron chi connectivity index (χ2n) is 10.2. The van der Waals surface area contributed by atoms with Gasteiger partial charge in [0.15, 0.2) is 11.5 Å². The second-order valence-corrected chi connectivity index (χ2v) is 10.2. The van der Waals surface area contributed by atoms with Crippen LogP contribution in [0.15, 0.2) is 78.4 Å². The molecule has 3 aromatic rings. The summed E-state index contributed by atoms with van der Waals surface area (Å²) in [5, 5.41) is 11.5. The molecule has 3 aromatic carbocycles. The van der Waals surface area contributed by atoms with Crippen LogP contribution in [0.5, 0.6) is 17.2 Å². The minimum Gasteiger partial charge on any atom is -0.507 e. The number of amides is 1. The number of hydrogen-bond acceptors (Lipinski definition) is 8. The van der Waals surface area contributed by atoms with Gasteiger partial charge in [0, 0.05) is 31.7 Å². The Balaban J connectivity index is 1.35. The molecule has 1 amide bonds. The van der Waals surface area contributed by atoms with Crippen molar-refractivity contribution >= 4 is 17.4 Å². The molecular formula is C32H32N2O7. The molecule has 0 spiro atoms. The number of aliphatic hydroxyl groups excluding tert-OH is 1. The molecule has 41 heavy (non-hydrogen) atoms. The summed E-state index contributed by atoms with van der Waals surface area (Å²) in [6, 6.07) is 21.4.